The fourth-order valence-corrected chi connectivity index (χ4v) is 1.14. The van der Waals surface area contributed by atoms with Crippen LogP contribution in [0.2, 0.25) is 0 Å². The second-order valence-electron chi connectivity index (χ2n) is 3.06. The highest BCUT2D eigenvalue weighted by Crippen LogP contribution is 2.24. The predicted octanol–water partition coefficient (Wildman–Crippen LogP) is 0.694. The van der Waals surface area contributed by atoms with E-state index in [1.54, 1.807) is 6.07 Å². The first kappa shape index (κ1) is 8.25. The Morgan fingerprint density at radius 2 is 2.31 bits per heavy atom. The van der Waals surface area contributed by atoms with Crippen LogP contribution < -0.4 is 16.0 Å². The van der Waals surface area contributed by atoms with Gasteiger partial charge in [0.1, 0.15) is 18.2 Å². The van der Waals surface area contributed by atoms with Crippen LogP contribution in [-0.4, -0.2) is 16.1 Å². The van der Waals surface area contributed by atoms with Gasteiger partial charge >= 0.3 is 0 Å². The lowest BCUT2D eigenvalue weighted by Crippen LogP contribution is -2.25. The van der Waals surface area contributed by atoms with E-state index in [2.05, 4.69) is 15.4 Å². The van der Waals surface area contributed by atoms with Gasteiger partial charge in [0.15, 0.2) is 0 Å². The molecule has 0 atom stereocenters. The molecule has 0 aliphatic heterocycles. The Balaban J connectivity index is 2.01. The van der Waals surface area contributed by atoms with Crippen LogP contribution in [0, 0.1) is 0 Å². The number of ether oxygens (including phenoxy) is 1. The highest BCUT2D eigenvalue weighted by atomic mass is 16.5. The fraction of sp³-hybridized carbons (Fsp3) is 0.500. The van der Waals surface area contributed by atoms with E-state index in [4.69, 9.17) is 10.6 Å². The zero-order valence-electron chi connectivity index (χ0n) is 7.23. The second-order valence-corrected chi connectivity index (χ2v) is 3.06. The summed E-state index contributed by atoms with van der Waals surface area (Å²) in [5, 5.41) is 0. The molecule has 2 rings (SSSR count). The lowest BCUT2D eigenvalue weighted by molar-refractivity contribution is 0.114. The van der Waals surface area contributed by atoms with Crippen molar-refractivity contribution in [3.05, 3.63) is 12.4 Å². The summed E-state index contributed by atoms with van der Waals surface area (Å²) in [6.07, 6.45) is 5.26. The summed E-state index contributed by atoms with van der Waals surface area (Å²) in [6, 6.07) is 1.69. The van der Waals surface area contributed by atoms with E-state index in [1.165, 1.54) is 12.7 Å². The molecule has 0 unspecified atom stereocenters. The van der Waals surface area contributed by atoms with Crippen molar-refractivity contribution in [1.29, 1.82) is 0 Å². The largest absolute Gasteiger partial charge is 0.474 e. The van der Waals surface area contributed by atoms with Crippen LogP contribution >= 0.6 is 0 Å². The number of nitrogens with two attached hydrogens (primary N) is 1. The minimum absolute atomic E-state index is 0.334. The van der Waals surface area contributed by atoms with Crippen LogP contribution in [0.25, 0.3) is 0 Å². The minimum atomic E-state index is 0.334. The zero-order chi connectivity index (χ0) is 9.10. The van der Waals surface area contributed by atoms with Gasteiger partial charge in [-0.1, -0.05) is 0 Å². The molecule has 0 bridgehead atoms. The third-order valence-corrected chi connectivity index (χ3v) is 2.13. The Morgan fingerprint density at radius 1 is 1.46 bits per heavy atom. The minimum Gasteiger partial charge on any atom is -0.474 e. The van der Waals surface area contributed by atoms with Gasteiger partial charge in [0.25, 0.3) is 0 Å². The van der Waals surface area contributed by atoms with Gasteiger partial charge in [-0.15, -0.1) is 0 Å². The van der Waals surface area contributed by atoms with Crippen LogP contribution in [0.5, 0.6) is 5.88 Å². The number of rotatable bonds is 3. The van der Waals surface area contributed by atoms with E-state index in [1.807, 2.05) is 0 Å². The van der Waals surface area contributed by atoms with Gasteiger partial charge in [-0.2, -0.15) is 0 Å². The van der Waals surface area contributed by atoms with Gasteiger partial charge < -0.3 is 10.2 Å². The molecule has 0 radical (unpaired) electrons. The smallest absolute Gasteiger partial charge is 0.218 e. The second kappa shape index (κ2) is 3.57. The summed E-state index contributed by atoms with van der Waals surface area (Å²) in [7, 11) is 0. The van der Waals surface area contributed by atoms with E-state index >= 15 is 0 Å². The van der Waals surface area contributed by atoms with E-state index in [-0.39, 0.29) is 0 Å². The lowest BCUT2D eigenvalue weighted by atomic mass is 9.96. The first-order chi connectivity index (χ1) is 6.38. The maximum atomic E-state index is 5.55. The van der Waals surface area contributed by atoms with Crippen LogP contribution in [0.4, 0.5) is 5.82 Å². The third kappa shape index (κ3) is 1.86. The molecule has 3 N–H and O–H groups in total. The van der Waals surface area contributed by atoms with Crippen molar-refractivity contribution in [2.45, 2.75) is 25.4 Å². The number of hydrazine groups is 1. The normalized spacial score (nSPS) is 16.4. The fourth-order valence-electron chi connectivity index (χ4n) is 1.14. The highest BCUT2D eigenvalue weighted by molar-refractivity contribution is 5.35. The summed E-state index contributed by atoms with van der Waals surface area (Å²) < 4.78 is 5.55. The Labute approximate surface area is 76.3 Å². The Morgan fingerprint density at radius 3 is 2.92 bits per heavy atom. The molecule has 1 aromatic rings. The molecule has 0 saturated heterocycles. The van der Waals surface area contributed by atoms with Crippen LogP contribution in [0.3, 0.4) is 0 Å². The maximum absolute atomic E-state index is 5.55. The molecule has 1 heterocycles. The molecular formula is C8H12N4O. The molecule has 0 amide bonds. The summed E-state index contributed by atoms with van der Waals surface area (Å²) in [5.74, 6) is 6.36. The molecule has 1 aromatic heterocycles. The molecule has 1 aliphatic rings. The molecule has 1 saturated carbocycles. The zero-order valence-corrected chi connectivity index (χ0v) is 7.23. The first-order valence-corrected chi connectivity index (χ1v) is 4.34. The topological polar surface area (TPSA) is 73.1 Å². The van der Waals surface area contributed by atoms with Crippen LogP contribution in [0.1, 0.15) is 19.3 Å². The average molecular weight is 180 g/mol. The van der Waals surface area contributed by atoms with Gasteiger partial charge in [0, 0.05) is 6.07 Å². The molecule has 0 spiro atoms. The standard InChI is InChI=1S/C8H12N4O/c9-12-7-4-8(11-5-10-7)13-6-2-1-3-6/h4-6H,1-3,9H2,(H,10,11,12). The van der Waals surface area contributed by atoms with Crippen molar-refractivity contribution in [2.24, 2.45) is 5.84 Å². The van der Waals surface area contributed by atoms with Crippen LogP contribution in [0.15, 0.2) is 12.4 Å². The number of nitrogens with one attached hydrogen (secondary N) is 1. The first-order valence-electron chi connectivity index (χ1n) is 4.34. The number of hydrogen-bond acceptors (Lipinski definition) is 5. The van der Waals surface area contributed by atoms with Gasteiger partial charge in [-0.3, -0.25) is 0 Å². The summed E-state index contributed by atoms with van der Waals surface area (Å²) in [4.78, 5) is 7.86. The Bertz CT molecular complexity index is 287. The van der Waals surface area contributed by atoms with Crippen molar-refractivity contribution in [3.63, 3.8) is 0 Å². The summed E-state index contributed by atoms with van der Waals surface area (Å²) in [5.41, 5.74) is 2.45. The monoisotopic (exact) mass is 180 g/mol. The molecule has 70 valence electrons. The van der Waals surface area contributed by atoms with E-state index in [0.29, 0.717) is 17.8 Å². The number of anilines is 1. The van der Waals surface area contributed by atoms with E-state index in [0.717, 1.165) is 12.8 Å². The molecule has 0 aromatic carbocycles. The molecule has 1 fully saturated rings. The van der Waals surface area contributed by atoms with Crippen molar-refractivity contribution >= 4 is 5.82 Å². The van der Waals surface area contributed by atoms with Crippen molar-refractivity contribution in [1.82, 2.24) is 9.97 Å². The molecule has 13 heavy (non-hydrogen) atoms. The number of nitrogens with zero attached hydrogens (tertiary/aromatic N) is 2. The van der Waals surface area contributed by atoms with Crippen molar-refractivity contribution in [2.75, 3.05) is 5.43 Å². The number of hydrogen-bond donors (Lipinski definition) is 2. The average Bonchev–Trinajstić information content (AvgIpc) is 2.12. The van der Waals surface area contributed by atoms with Crippen LogP contribution in [-0.2, 0) is 0 Å². The highest BCUT2D eigenvalue weighted by Gasteiger charge is 2.19. The predicted molar refractivity (Wildman–Crippen MR) is 48.1 cm³/mol. The van der Waals surface area contributed by atoms with Gasteiger partial charge in [-0.05, 0) is 19.3 Å². The SMILES string of the molecule is NNc1cc(OC2CCC2)ncn1. The Hall–Kier alpha value is -1.36. The molecule has 1 aliphatic carbocycles. The van der Waals surface area contributed by atoms with Gasteiger partial charge in [0.2, 0.25) is 5.88 Å². The third-order valence-electron chi connectivity index (χ3n) is 2.13. The molecule has 5 heteroatoms. The number of aromatic nitrogens is 2. The van der Waals surface area contributed by atoms with E-state index < -0.39 is 0 Å². The van der Waals surface area contributed by atoms with E-state index in [9.17, 15) is 0 Å². The maximum Gasteiger partial charge on any atom is 0.218 e. The lowest BCUT2D eigenvalue weighted by Gasteiger charge is -2.25. The summed E-state index contributed by atoms with van der Waals surface area (Å²) >= 11 is 0. The van der Waals surface area contributed by atoms with Crippen molar-refractivity contribution in [3.8, 4) is 5.88 Å². The number of nitrogen functional groups attached to an aromatic ring is 1. The van der Waals surface area contributed by atoms with Crippen molar-refractivity contribution < 1.29 is 4.74 Å². The molecular weight excluding hydrogens is 168 g/mol. The molecule has 5 nitrogen and oxygen atoms in total. The van der Waals surface area contributed by atoms with Gasteiger partial charge in [-0.25, -0.2) is 15.8 Å². The summed E-state index contributed by atoms with van der Waals surface area (Å²) in [6.45, 7) is 0. The Kier molecular flexibility index (Phi) is 2.27. The quantitative estimate of drug-likeness (QED) is 0.529. The van der Waals surface area contributed by atoms with Gasteiger partial charge in [0.05, 0.1) is 0 Å².